The van der Waals surface area contributed by atoms with E-state index in [1.54, 1.807) is 22.7 Å². The smallest absolute Gasteiger partial charge is 0.267 e. The number of hydrogen-bond donors (Lipinski definition) is 0. The molecular weight excluding hydrogens is 516 g/mol. The first-order chi connectivity index (χ1) is 18.5. The molecule has 194 valence electrons. The second kappa shape index (κ2) is 9.20. The second-order valence-electron chi connectivity index (χ2n) is 10.9. The Morgan fingerprint density at radius 1 is 0.763 bits per heavy atom. The van der Waals surface area contributed by atoms with E-state index in [1.165, 1.54) is 19.1 Å². The molecule has 10 heteroatoms. The minimum atomic E-state index is -0.0886. The molecule has 8 nitrogen and oxygen atoms in total. The van der Waals surface area contributed by atoms with Gasteiger partial charge in [0, 0.05) is 9.75 Å². The Hall–Kier alpha value is -3.24. The maximum atomic E-state index is 13.5. The Morgan fingerprint density at radius 3 is 1.66 bits per heavy atom. The minimum Gasteiger partial charge on any atom is -0.267 e. The number of aromatic nitrogens is 6. The van der Waals surface area contributed by atoms with Crippen LogP contribution in [-0.4, -0.2) is 30.0 Å². The van der Waals surface area contributed by atoms with Crippen molar-refractivity contribution in [3.05, 3.63) is 77.0 Å². The summed E-state index contributed by atoms with van der Waals surface area (Å²) in [6.07, 6.45) is 6.04. The summed E-state index contributed by atoms with van der Waals surface area (Å²) in [5, 5.41) is 18.9. The van der Waals surface area contributed by atoms with Crippen molar-refractivity contribution in [3.63, 3.8) is 0 Å². The minimum absolute atomic E-state index is 0.0886. The fourth-order valence-corrected chi connectivity index (χ4v) is 8.62. The first-order valence-electron chi connectivity index (χ1n) is 13.3. The van der Waals surface area contributed by atoms with Crippen LogP contribution in [-0.2, 0) is 38.8 Å². The van der Waals surface area contributed by atoms with E-state index >= 15 is 0 Å². The van der Waals surface area contributed by atoms with E-state index in [0.29, 0.717) is 11.8 Å². The molecule has 38 heavy (non-hydrogen) atoms. The van der Waals surface area contributed by atoms with Gasteiger partial charge in [-0.05, 0) is 72.6 Å². The number of thiophene rings is 2. The highest BCUT2D eigenvalue weighted by molar-refractivity contribution is 7.19. The van der Waals surface area contributed by atoms with Crippen molar-refractivity contribution in [1.29, 1.82) is 0 Å². The van der Waals surface area contributed by atoms with Gasteiger partial charge in [0.2, 0.25) is 0 Å². The first kappa shape index (κ1) is 23.8. The number of rotatable bonds is 4. The summed E-state index contributed by atoms with van der Waals surface area (Å²) in [7, 11) is 0. The Kier molecular flexibility index (Phi) is 5.77. The highest BCUT2D eigenvalue weighted by Gasteiger charge is 2.25. The Bertz CT molecular complexity index is 1700. The molecule has 5 aromatic rings. The van der Waals surface area contributed by atoms with Crippen molar-refractivity contribution >= 4 is 43.1 Å². The quantitative estimate of drug-likeness (QED) is 0.334. The van der Waals surface area contributed by atoms with Crippen molar-refractivity contribution in [2.45, 2.75) is 65.5 Å². The van der Waals surface area contributed by atoms with Crippen molar-refractivity contribution in [2.24, 2.45) is 11.8 Å². The topological polar surface area (TPSA) is 95.6 Å². The van der Waals surface area contributed by atoms with Crippen LogP contribution < -0.4 is 11.1 Å². The maximum Gasteiger partial charge on any atom is 0.279 e. The summed E-state index contributed by atoms with van der Waals surface area (Å²) >= 11 is 3.22. The normalized spacial score (nSPS) is 19.1. The molecule has 2 unspecified atom stereocenters. The largest absolute Gasteiger partial charge is 0.279 e. The summed E-state index contributed by atoms with van der Waals surface area (Å²) in [5.74, 6) is 1.26. The predicted molar refractivity (Wildman–Crippen MR) is 150 cm³/mol. The van der Waals surface area contributed by atoms with Gasteiger partial charge in [0.15, 0.2) is 9.66 Å². The van der Waals surface area contributed by atoms with Crippen LogP contribution in [0.1, 0.15) is 58.7 Å². The molecule has 2 aliphatic carbocycles. The van der Waals surface area contributed by atoms with Crippen LogP contribution in [0.15, 0.2) is 33.9 Å². The summed E-state index contributed by atoms with van der Waals surface area (Å²) in [5.41, 5.74) is 3.97. The third-order valence-corrected chi connectivity index (χ3v) is 10.4. The van der Waals surface area contributed by atoms with Gasteiger partial charge in [-0.2, -0.15) is 0 Å². The lowest BCUT2D eigenvalue weighted by Gasteiger charge is -2.17. The number of benzene rings is 1. The Labute approximate surface area is 226 Å². The zero-order chi connectivity index (χ0) is 26.0. The average Bonchev–Trinajstić information content (AvgIpc) is 3.46. The van der Waals surface area contributed by atoms with Crippen LogP contribution in [0.3, 0.4) is 0 Å². The fourth-order valence-electron chi connectivity index (χ4n) is 5.98. The van der Waals surface area contributed by atoms with E-state index < -0.39 is 0 Å². The zero-order valence-electron chi connectivity index (χ0n) is 21.4. The van der Waals surface area contributed by atoms with Crippen LogP contribution in [0.4, 0.5) is 0 Å². The van der Waals surface area contributed by atoms with Gasteiger partial charge in [0.1, 0.15) is 0 Å². The third-order valence-electron chi connectivity index (χ3n) is 8.13. The molecule has 2 atom stereocenters. The van der Waals surface area contributed by atoms with Crippen molar-refractivity contribution in [1.82, 2.24) is 30.0 Å². The molecule has 0 N–H and O–H groups in total. The number of fused-ring (bicyclic) bond motifs is 6. The van der Waals surface area contributed by atoms with Gasteiger partial charge in [0.25, 0.3) is 11.1 Å². The monoisotopic (exact) mass is 544 g/mol. The van der Waals surface area contributed by atoms with Crippen molar-refractivity contribution in [3.8, 4) is 0 Å². The predicted octanol–water partition coefficient (Wildman–Crippen LogP) is 4.37. The molecule has 0 aliphatic heterocycles. The molecule has 0 fully saturated rings. The van der Waals surface area contributed by atoms with Crippen molar-refractivity contribution < 1.29 is 0 Å². The summed E-state index contributed by atoms with van der Waals surface area (Å²) in [6, 6.07) is 7.84. The molecule has 0 saturated carbocycles. The van der Waals surface area contributed by atoms with Gasteiger partial charge in [-0.1, -0.05) is 48.5 Å². The molecule has 7 rings (SSSR count). The standard InChI is InChI=1S/C28H28N6O2S2/c1-15-7-9-19-21(11-15)37-25-23(19)27(35)33(31-29-25)13-17-5-3-4-6-18(17)14-34-28(36)24-20-10-8-16(2)12-22(20)38-26(24)30-32-34/h3-6,15-16H,7-14H2,1-2H3. The van der Waals surface area contributed by atoms with E-state index in [4.69, 9.17) is 0 Å². The van der Waals surface area contributed by atoms with Gasteiger partial charge in [0.05, 0.1) is 23.9 Å². The number of hydrogen-bond acceptors (Lipinski definition) is 8. The molecule has 0 saturated heterocycles. The lowest BCUT2D eigenvalue weighted by atomic mass is 9.89. The Balaban J connectivity index is 1.24. The van der Waals surface area contributed by atoms with Gasteiger partial charge < -0.3 is 0 Å². The van der Waals surface area contributed by atoms with E-state index in [2.05, 4.69) is 34.5 Å². The van der Waals surface area contributed by atoms with Crippen LogP contribution >= 0.6 is 22.7 Å². The lowest BCUT2D eigenvalue weighted by Crippen LogP contribution is -2.27. The van der Waals surface area contributed by atoms with E-state index in [9.17, 15) is 9.59 Å². The second-order valence-corrected chi connectivity index (χ2v) is 13.1. The highest BCUT2D eigenvalue weighted by Crippen LogP contribution is 2.36. The van der Waals surface area contributed by atoms with Crippen LogP contribution in [0.25, 0.3) is 20.4 Å². The number of nitrogens with zero attached hydrogens (tertiary/aromatic N) is 6. The lowest BCUT2D eigenvalue weighted by molar-refractivity contribution is 0.508. The van der Waals surface area contributed by atoms with Gasteiger partial charge in [-0.25, -0.2) is 9.36 Å². The summed E-state index contributed by atoms with van der Waals surface area (Å²) in [4.78, 5) is 31.1. The molecular formula is C28H28N6O2S2. The average molecular weight is 545 g/mol. The van der Waals surface area contributed by atoms with E-state index in [0.717, 1.165) is 81.2 Å². The fraction of sp³-hybridized carbons (Fsp3) is 0.429. The molecule has 0 spiro atoms. The maximum absolute atomic E-state index is 13.5. The molecule has 0 amide bonds. The first-order valence-corrected chi connectivity index (χ1v) is 14.9. The van der Waals surface area contributed by atoms with Crippen LogP contribution in [0.5, 0.6) is 0 Å². The Morgan fingerprint density at radius 2 is 1.21 bits per heavy atom. The summed E-state index contributed by atoms with van der Waals surface area (Å²) < 4.78 is 2.92. The van der Waals surface area contributed by atoms with Gasteiger partial charge >= 0.3 is 0 Å². The molecule has 4 aromatic heterocycles. The third kappa shape index (κ3) is 3.92. The molecule has 1 aromatic carbocycles. The highest BCUT2D eigenvalue weighted by atomic mass is 32.1. The van der Waals surface area contributed by atoms with Crippen LogP contribution in [0, 0.1) is 11.8 Å². The van der Waals surface area contributed by atoms with Crippen molar-refractivity contribution in [2.75, 3.05) is 0 Å². The number of aryl methyl sites for hydroxylation is 2. The molecule has 0 radical (unpaired) electrons. The SMILES string of the molecule is CC1CCc2c(sc3nnn(Cc4ccccc4Cn4nnc5sc6c(c5c4=O)CCC(C)C6)c(=O)c23)C1. The zero-order valence-corrected chi connectivity index (χ0v) is 23.1. The molecule has 0 bridgehead atoms. The van der Waals surface area contributed by atoms with Gasteiger partial charge in [-0.3, -0.25) is 9.59 Å². The summed E-state index contributed by atoms with van der Waals surface area (Å²) in [6.45, 7) is 5.09. The van der Waals surface area contributed by atoms with Gasteiger partial charge in [-0.15, -0.1) is 32.9 Å². The van der Waals surface area contributed by atoms with E-state index in [1.807, 2.05) is 24.3 Å². The van der Waals surface area contributed by atoms with E-state index in [-0.39, 0.29) is 24.2 Å². The molecule has 2 aliphatic rings. The molecule has 4 heterocycles. The van der Waals surface area contributed by atoms with Crippen LogP contribution in [0.2, 0.25) is 0 Å².